The largest absolute Gasteiger partial charge is 0.392 e. The number of para-hydroxylation sites is 1. The lowest BCUT2D eigenvalue weighted by atomic mass is 10.2. The minimum absolute atomic E-state index is 0.0941. The zero-order valence-electron chi connectivity index (χ0n) is 9.30. The van der Waals surface area contributed by atoms with Crippen LogP contribution in [-0.4, -0.2) is 23.9 Å². The van der Waals surface area contributed by atoms with Gasteiger partial charge < -0.3 is 10.4 Å². The summed E-state index contributed by atoms with van der Waals surface area (Å²) in [7, 11) is 0. The molecule has 1 aromatic carbocycles. The number of amides is 1. The number of aliphatic hydroxyl groups is 1. The van der Waals surface area contributed by atoms with Crippen molar-refractivity contribution >= 4 is 23.4 Å². The van der Waals surface area contributed by atoms with E-state index in [4.69, 9.17) is 10.4 Å². The predicted octanol–water partition coefficient (Wildman–Crippen LogP) is 1.79. The molecule has 17 heavy (non-hydrogen) atoms. The van der Waals surface area contributed by atoms with Crippen molar-refractivity contribution in [1.29, 1.82) is 5.26 Å². The maximum absolute atomic E-state index is 11.7. The third-order valence-corrected chi connectivity index (χ3v) is 2.81. The number of benzene rings is 1. The third-order valence-electron chi connectivity index (χ3n) is 2.02. The lowest BCUT2D eigenvalue weighted by Crippen LogP contribution is -2.14. The van der Waals surface area contributed by atoms with Crippen molar-refractivity contribution in [2.24, 2.45) is 0 Å². The van der Waals surface area contributed by atoms with E-state index in [0.29, 0.717) is 5.69 Å². The van der Waals surface area contributed by atoms with Crippen LogP contribution >= 0.6 is 11.8 Å². The number of nitrogens with zero attached hydrogens (tertiary/aromatic N) is 1. The van der Waals surface area contributed by atoms with E-state index in [2.05, 4.69) is 5.32 Å². The average Bonchev–Trinajstić information content (AvgIpc) is 2.36. The van der Waals surface area contributed by atoms with Gasteiger partial charge in [0.25, 0.3) is 5.91 Å². The first-order chi connectivity index (χ1) is 8.22. The molecular formula is C12H12N2O2S. The van der Waals surface area contributed by atoms with E-state index >= 15 is 0 Å². The molecule has 0 spiro atoms. The first-order valence-corrected chi connectivity index (χ1v) is 6.11. The second-order valence-corrected chi connectivity index (χ2v) is 3.91. The van der Waals surface area contributed by atoms with Gasteiger partial charge in [-0.05, 0) is 24.5 Å². The van der Waals surface area contributed by atoms with E-state index in [1.54, 1.807) is 18.2 Å². The molecule has 0 radical (unpaired) electrons. The summed E-state index contributed by atoms with van der Waals surface area (Å²) in [6.07, 6.45) is 3.08. The van der Waals surface area contributed by atoms with E-state index in [0.717, 1.165) is 4.90 Å². The summed E-state index contributed by atoms with van der Waals surface area (Å²) in [5, 5.41) is 20.0. The zero-order valence-corrected chi connectivity index (χ0v) is 10.1. The third kappa shape index (κ3) is 3.63. The second-order valence-electron chi connectivity index (χ2n) is 3.07. The molecular weight excluding hydrogens is 236 g/mol. The van der Waals surface area contributed by atoms with Gasteiger partial charge in [-0.3, -0.25) is 4.79 Å². The highest BCUT2D eigenvalue weighted by Gasteiger charge is 2.10. The van der Waals surface area contributed by atoms with Crippen molar-refractivity contribution in [2.45, 2.75) is 4.90 Å². The number of anilines is 1. The van der Waals surface area contributed by atoms with E-state index in [1.165, 1.54) is 17.8 Å². The number of hydrogen-bond acceptors (Lipinski definition) is 4. The van der Waals surface area contributed by atoms with Gasteiger partial charge in [-0.1, -0.05) is 12.1 Å². The van der Waals surface area contributed by atoms with Crippen LogP contribution in [0, 0.1) is 11.3 Å². The Kier molecular flexibility index (Phi) is 5.27. The standard InChI is InChI=1S/C12H12N2O2S/c1-17-11-5-3-2-4-10(11)14-12(16)9(8-13)6-7-15/h2-6,15H,7H2,1H3,(H,14,16)/b9-6+. The average molecular weight is 248 g/mol. The highest BCUT2D eigenvalue weighted by Crippen LogP contribution is 2.24. The minimum Gasteiger partial charge on any atom is -0.392 e. The molecule has 0 aliphatic heterocycles. The Labute approximate surface area is 104 Å². The minimum atomic E-state index is -0.511. The Morgan fingerprint density at radius 1 is 1.59 bits per heavy atom. The van der Waals surface area contributed by atoms with Crippen LogP contribution in [0.5, 0.6) is 0 Å². The lowest BCUT2D eigenvalue weighted by molar-refractivity contribution is -0.112. The number of rotatable bonds is 4. The van der Waals surface area contributed by atoms with Gasteiger partial charge in [0.05, 0.1) is 12.3 Å². The molecule has 4 nitrogen and oxygen atoms in total. The van der Waals surface area contributed by atoms with Crippen molar-refractivity contribution in [3.05, 3.63) is 35.9 Å². The number of thioether (sulfide) groups is 1. The van der Waals surface area contributed by atoms with Gasteiger partial charge >= 0.3 is 0 Å². The summed E-state index contributed by atoms with van der Waals surface area (Å²) in [4.78, 5) is 12.6. The lowest BCUT2D eigenvalue weighted by Gasteiger charge is -2.08. The van der Waals surface area contributed by atoms with Gasteiger partial charge in [0.1, 0.15) is 11.6 Å². The van der Waals surface area contributed by atoms with Crippen LogP contribution in [0.15, 0.2) is 40.8 Å². The molecule has 1 aromatic rings. The van der Waals surface area contributed by atoms with Crippen LogP contribution in [-0.2, 0) is 4.79 Å². The summed E-state index contributed by atoms with van der Waals surface area (Å²) < 4.78 is 0. The molecule has 0 bridgehead atoms. The smallest absolute Gasteiger partial charge is 0.266 e. The second kappa shape index (κ2) is 6.74. The SMILES string of the molecule is CSc1ccccc1NC(=O)/C(C#N)=C/CO. The maximum Gasteiger partial charge on any atom is 0.266 e. The fourth-order valence-corrected chi connectivity index (χ4v) is 1.77. The first-order valence-electron chi connectivity index (χ1n) is 4.88. The van der Waals surface area contributed by atoms with Gasteiger partial charge in [-0.2, -0.15) is 5.26 Å². The summed E-state index contributed by atoms with van der Waals surface area (Å²) in [5.74, 6) is -0.511. The molecule has 0 fully saturated rings. The van der Waals surface area contributed by atoms with Gasteiger partial charge in [0, 0.05) is 4.90 Å². The Balaban J connectivity index is 2.88. The molecule has 5 heteroatoms. The Hall–Kier alpha value is -1.77. The van der Waals surface area contributed by atoms with Crippen LogP contribution in [0.3, 0.4) is 0 Å². The van der Waals surface area contributed by atoms with Gasteiger partial charge in [0.15, 0.2) is 0 Å². The highest BCUT2D eigenvalue weighted by atomic mass is 32.2. The molecule has 1 rings (SSSR count). The fraction of sp³-hybridized carbons (Fsp3) is 0.167. The molecule has 0 aliphatic rings. The first kappa shape index (κ1) is 13.3. The number of hydrogen-bond donors (Lipinski definition) is 2. The van der Waals surface area contributed by atoms with Gasteiger partial charge in [-0.25, -0.2) is 0 Å². The molecule has 1 amide bonds. The molecule has 88 valence electrons. The molecule has 2 N–H and O–H groups in total. The molecule has 0 heterocycles. The van der Waals surface area contributed by atoms with Crippen molar-refractivity contribution in [3.63, 3.8) is 0 Å². The number of aliphatic hydroxyl groups excluding tert-OH is 1. The Morgan fingerprint density at radius 3 is 2.88 bits per heavy atom. The van der Waals surface area contributed by atoms with Crippen LogP contribution in [0.25, 0.3) is 0 Å². The van der Waals surface area contributed by atoms with Crippen LogP contribution < -0.4 is 5.32 Å². The van der Waals surface area contributed by atoms with Gasteiger partial charge in [-0.15, -0.1) is 11.8 Å². The van der Waals surface area contributed by atoms with E-state index in [1.807, 2.05) is 18.4 Å². The highest BCUT2D eigenvalue weighted by molar-refractivity contribution is 7.98. The van der Waals surface area contributed by atoms with Crippen molar-refractivity contribution in [1.82, 2.24) is 0 Å². The van der Waals surface area contributed by atoms with Gasteiger partial charge in [0.2, 0.25) is 0 Å². The van der Waals surface area contributed by atoms with Crippen molar-refractivity contribution < 1.29 is 9.90 Å². The van der Waals surface area contributed by atoms with Crippen LogP contribution in [0.4, 0.5) is 5.69 Å². The summed E-state index contributed by atoms with van der Waals surface area (Å²) in [5.41, 5.74) is 0.562. The van der Waals surface area contributed by atoms with E-state index < -0.39 is 5.91 Å². The summed E-state index contributed by atoms with van der Waals surface area (Å²) >= 11 is 1.50. The molecule has 0 saturated heterocycles. The monoisotopic (exact) mass is 248 g/mol. The van der Waals surface area contributed by atoms with Crippen LogP contribution in [0.2, 0.25) is 0 Å². The zero-order chi connectivity index (χ0) is 12.7. The topological polar surface area (TPSA) is 73.1 Å². The number of carbonyl (C=O) groups is 1. The fourth-order valence-electron chi connectivity index (χ4n) is 1.22. The molecule has 0 unspecified atom stereocenters. The van der Waals surface area contributed by atoms with E-state index in [9.17, 15) is 4.79 Å². The predicted molar refractivity (Wildman–Crippen MR) is 67.6 cm³/mol. The van der Waals surface area contributed by atoms with Crippen molar-refractivity contribution in [3.8, 4) is 6.07 Å². The normalized spacial score (nSPS) is 10.8. The molecule has 0 atom stereocenters. The quantitative estimate of drug-likeness (QED) is 0.484. The Bertz CT molecular complexity index is 478. The summed E-state index contributed by atoms with van der Waals surface area (Å²) in [6.45, 7) is -0.333. The molecule has 0 saturated carbocycles. The van der Waals surface area contributed by atoms with Crippen LogP contribution in [0.1, 0.15) is 0 Å². The number of nitriles is 1. The summed E-state index contributed by atoms with van der Waals surface area (Å²) in [6, 6.07) is 9.06. The number of carbonyl (C=O) groups excluding carboxylic acids is 1. The molecule has 0 aromatic heterocycles. The maximum atomic E-state index is 11.7. The van der Waals surface area contributed by atoms with E-state index in [-0.39, 0.29) is 12.2 Å². The number of nitrogens with one attached hydrogen (secondary N) is 1. The Morgan fingerprint density at radius 2 is 2.29 bits per heavy atom. The molecule has 0 aliphatic carbocycles. The van der Waals surface area contributed by atoms with Crippen molar-refractivity contribution in [2.75, 3.05) is 18.2 Å².